The summed E-state index contributed by atoms with van der Waals surface area (Å²) >= 11 is 0. The standard InChI is InChI=1S/C15H24N2O3/c1-19-14-7-8-16-13(15(14)20-2)11-17(9-4-10-18)12-5-3-6-12/h7-8,12,18H,3-6,9-11H2,1-2H3. The molecule has 0 unspecified atom stereocenters. The topological polar surface area (TPSA) is 54.8 Å². The van der Waals surface area contributed by atoms with Crippen molar-refractivity contribution in [1.29, 1.82) is 0 Å². The van der Waals surface area contributed by atoms with Crippen LogP contribution < -0.4 is 9.47 Å². The van der Waals surface area contributed by atoms with Gasteiger partial charge in [-0.2, -0.15) is 0 Å². The van der Waals surface area contributed by atoms with Crippen molar-refractivity contribution in [2.75, 3.05) is 27.4 Å². The van der Waals surface area contributed by atoms with Crippen LogP contribution >= 0.6 is 0 Å². The Labute approximate surface area is 120 Å². The zero-order valence-corrected chi connectivity index (χ0v) is 12.3. The van der Waals surface area contributed by atoms with Gasteiger partial charge in [-0.25, -0.2) is 0 Å². The summed E-state index contributed by atoms with van der Waals surface area (Å²) in [6.07, 6.45) is 6.31. The van der Waals surface area contributed by atoms with Crippen molar-refractivity contribution in [3.05, 3.63) is 18.0 Å². The fraction of sp³-hybridized carbons (Fsp3) is 0.667. The number of aliphatic hydroxyl groups excluding tert-OH is 1. The molecule has 1 aromatic rings. The fourth-order valence-corrected chi connectivity index (χ4v) is 2.57. The third-order valence-electron chi connectivity index (χ3n) is 3.91. The summed E-state index contributed by atoms with van der Waals surface area (Å²) in [6, 6.07) is 2.42. The molecule has 0 aromatic carbocycles. The molecular weight excluding hydrogens is 256 g/mol. The molecule has 0 spiro atoms. The van der Waals surface area contributed by atoms with Gasteiger partial charge in [-0.05, 0) is 19.3 Å². The van der Waals surface area contributed by atoms with Gasteiger partial charge in [0.1, 0.15) is 5.69 Å². The van der Waals surface area contributed by atoms with Crippen LogP contribution in [0.15, 0.2) is 12.3 Å². The summed E-state index contributed by atoms with van der Waals surface area (Å²) in [6.45, 7) is 1.86. The third-order valence-corrected chi connectivity index (χ3v) is 3.91. The monoisotopic (exact) mass is 280 g/mol. The Morgan fingerprint density at radius 3 is 2.70 bits per heavy atom. The summed E-state index contributed by atoms with van der Waals surface area (Å²) in [5.41, 5.74) is 0.900. The molecule has 0 bridgehead atoms. The molecule has 0 radical (unpaired) electrons. The van der Waals surface area contributed by atoms with Crippen LogP contribution in [0.4, 0.5) is 0 Å². The van der Waals surface area contributed by atoms with Gasteiger partial charge in [0.2, 0.25) is 0 Å². The molecule has 5 heteroatoms. The summed E-state index contributed by atoms with van der Waals surface area (Å²) in [5, 5.41) is 9.05. The number of rotatable bonds is 8. The maximum Gasteiger partial charge on any atom is 0.183 e. The average molecular weight is 280 g/mol. The molecule has 1 saturated carbocycles. The molecule has 0 atom stereocenters. The van der Waals surface area contributed by atoms with Crippen LogP contribution in [0, 0.1) is 0 Å². The Kier molecular flexibility index (Phi) is 5.61. The third kappa shape index (κ3) is 3.41. The molecule has 1 heterocycles. The number of hydrogen-bond acceptors (Lipinski definition) is 5. The molecule has 0 amide bonds. The van der Waals surface area contributed by atoms with Gasteiger partial charge < -0.3 is 14.6 Å². The van der Waals surface area contributed by atoms with E-state index in [4.69, 9.17) is 14.6 Å². The minimum absolute atomic E-state index is 0.228. The largest absolute Gasteiger partial charge is 0.493 e. The normalized spacial score (nSPS) is 15.2. The Balaban J connectivity index is 2.12. The quantitative estimate of drug-likeness (QED) is 0.787. The second-order valence-corrected chi connectivity index (χ2v) is 5.13. The molecule has 112 valence electrons. The minimum Gasteiger partial charge on any atom is -0.493 e. The lowest BCUT2D eigenvalue weighted by Gasteiger charge is -2.37. The highest BCUT2D eigenvalue weighted by Gasteiger charge is 2.26. The molecule has 1 aliphatic rings. The number of methoxy groups -OCH3 is 2. The molecule has 1 aromatic heterocycles. The summed E-state index contributed by atoms with van der Waals surface area (Å²) < 4.78 is 10.8. The van der Waals surface area contributed by atoms with Gasteiger partial charge in [-0.15, -0.1) is 0 Å². The van der Waals surface area contributed by atoms with Crippen molar-refractivity contribution in [3.8, 4) is 11.5 Å². The van der Waals surface area contributed by atoms with E-state index >= 15 is 0 Å². The van der Waals surface area contributed by atoms with E-state index in [9.17, 15) is 0 Å². The molecule has 1 fully saturated rings. The molecular formula is C15H24N2O3. The molecule has 20 heavy (non-hydrogen) atoms. The Morgan fingerprint density at radius 2 is 2.15 bits per heavy atom. The van der Waals surface area contributed by atoms with E-state index in [2.05, 4.69) is 9.88 Å². The van der Waals surface area contributed by atoms with Gasteiger partial charge in [-0.3, -0.25) is 9.88 Å². The highest BCUT2D eigenvalue weighted by molar-refractivity contribution is 5.42. The maximum absolute atomic E-state index is 9.05. The number of nitrogens with zero attached hydrogens (tertiary/aromatic N) is 2. The Hall–Kier alpha value is -1.33. The summed E-state index contributed by atoms with van der Waals surface area (Å²) in [4.78, 5) is 6.83. The SMILES string of the molecule is COc1ccnc(CN(CCCO)C2CCC2)c1OC. The van der Waals surface area contributed by atoms with Gasteiger partial charge in [0.25, 0.3) is 0 Å². The number of aliphatic hydroxyl groups is 1. The average Bonchev–Trinajstić information content (AvgIpc) is 2.42. The first kappa shape index (κ1) is 15.1. The molecule has 2 rings (SSSR count). The van der Waals surface area contributed by atoms with E-state index in [1.165, 1.54) is 19.3 Å². The predicted octanol–water partition coefficient (Wildman–Crippen LogP) is 1.84. The van der Waals surface area contributed by atoms with E-state index in [-0.39, 0.29) is 6.61 Å². The first-order valence-electron chi connectivity index (χ1n) is 7.21. The number of pyridine rings is 1. The molecule has 5 nitrogen and oxygen atoms in total. The van der Waals surface area contributed by atoms with Crippen molar-refractivity contribution in [1.82, 2.24) is 9.88 Å². The van der Waals surface area contributed by atoms with E-state index in [0.29, 0.717) is 17.5 Å². The Bertz CT molecular complexity index is 422. The van der Waals surface area contributed by atoms with Crippen molar-refractivity contribution in [2.24, 2.45) is 0 Å². The fourth-order valence-electron chi connectivity index (χ4n) is 2.57. The van der Waals surface area contributed by atoms with Crippen LogP contribution in [0.5, 0.6) is 11.5 Å². The van der Waals surface area contributed by atoms with E-state index in [1.54, 1.807) is 20.4 Å². The lowest BCUT2D eigenvalue weighted by atomic mass is 9.91. The molecule has 0 aliphatic heterocycles. The highest BCUT2D eigenvalue weighted by atomic mass is 16.5. The van der Waals surface area contributed by atoms with Gasteiger partial charge in [-0.1, -0.05) is 6.42 Å². The second-order valence-electron chi connectivity index (χ2n) is 5.13. The number of ether oxygens (including phenoxy) is 2. The number of aromatic nitrogens is 1. The van der Waals surface area contributed by atoms with Crippen molar-refractivity contribution >= 4 is 0 Å². The van der Waals surface area contributed by atoms with E-state index in [1.807, 2.05) is 6.07 Å². The predicted molar refractivity (Wildman–Crippen MR) is 77.1 cm³/mol. The molecule has 1 N–H and O–H groups in total. The minimum atomic E-state index is 0.228. The van der Waals surface area contributed by atoms with Crippen molar-refractivity contribution < 1.29 is 14.6 Å². The first-order valence-corrected chi connectivity index (χ1v) is 7.21. The lowest BCUT2D eigenvalue weighted by Crippen LogP contribution is -2.40. The van der Waals surface area contributed by atoms with Crippen molar-refractivity contribution in [3.63, 3.8) is 0 Å². The van der Waals surface area contributed by atoms with Gasteiger partial charge >= 0.3 is 0 Å². The zero-order chi connectivity index (χ0) is 14.4. The Morgan fingerprint density at radius 1 is 1.35 bits per heavy atom. The lowest BCUT2D eigenvalue weighted by molar-refractivity contribution is 0.107. The van der Waals surface area contributed by atoms with Crippen molar-refractivity contribution in [2.45, 2.75) is 38.3 Å². The molecule has 0 saturated heterocycles. The van der Waals surface area contributed by atoms with Crippen LogP contribution in [0.3, 0.4) is 0 Å². The van der Waals surface area contributed by atoms with E-state index in [0.717, 1.165) is 25.2 Å². The first-order chi connectivity index (χ1) is 9.80. The van der Waals surface area contributed by atoms with Crippen LogP contribution in [0.1, 0.15) is 31.4 Å². The summed E-state index contributed by atoms with van der Waals surface area (Å²) in [7, 11) is 3.28. The molecule has 1 aliphatic carbocycles. The van der Waals surface area contributed by atoms with Crippen LogP contribution in [-0.2, 0) is 6.54 Å². The smallest absolute Gasteiger partial charge is 0.183 e. The van der Waals surface area contributed by atoms with Crippen LogP contribution in [0.2, 0.25) is 0 Å². The van der Waals surface area contributed by atoms with Crippen LogP contribution in [-0.4, -0.2) is 48.4 Å². The van der Waals surface area contributed by atoms with Gasteiger partial charge in [0.05, 0.1) is 14.2 Å². The van der Waals surface area contributed by atoms with Gasteiger partial charge in [0.15, 0.2) is 11.5 Å². The number of hydrogen-bond donors (Lipinski definition) is 1. The van der Waals surface area contributed by atoms with Gasteiger partial charge in [0, 0.05) is 38.0 Å². The van der Waals surface area contributed by atoms with E-state index < -0.39 is 0 Å². The second kappa shape index (κ2) is 7.45. The maximum atomic E-state index is 9.05. The zero-order valence-electron chi connectivity index (χ0n) is 12.3. The highest BCUT2D eigenvalue weighted by Crippen LogP contribution is 2.32. The summed E-state index contributed by atoms with van der Waals surface area (Å²) in [5.74, 6) is 1.43. The van der Waals surface area contributed by atoms with Crippen LogP contribution in [0.25, 0.3) is 0 Å².